The summed E-state index contributed by atoms with van der Waals surface area (Å²) in [6.07, 6.45) is -2.34. The van der Waals surface area contributed by atoms with Gasteiger partial charge in [0.1, 0.15) is 0 Å². The molecule has 2 heterocycles. The fourth-order valence-corrected chi connectivity index (χ4v) is 4.25. The Morgan fingerprint density at radius 3 is 2.84 bits per heavy atom. The van der Waals surface area contributed by atoms with Crippen LogP contribution in [-0.4, -0.2) is 35.1 Å². The summed E-state index contributed by atoms with van der Waals surface area (Å²) < 4.78 is 38.3. The maximum Gasteiger partial charge on any atom is 0.416 e. The van der Waals surface area contributed by atoms with E-state index in [-0.39, 0.29) is 18.0 Å². The van der Waals surface area contributed by atoms with Crippen molar-refractivity contribution >= 4 is 29.3 Å². The van der Waals surface area contributed by atoms with Crippen molar-refractivity contribution in [3.05, 3.63) is 23.8 Å². The van der Waals surface area contributed by atoms with Crippen LogP contribution in [0.3, 0.4) is 0 Å². The molecule has 8 heteroatoms. The fourth-order valence-electron chi connectivity index (χ4n) is 3.16. The number of likely N-dealkylation sites (tertiary alicyclic amines) is 1. The molecule has 1 aromatic carbocycles. The number of amides is 2. The first kappa shape index (κ1) is 18.1. The van der Waals surface area contributed by atoms with Crippen LogP contribution in [0.5, 0.6) is 0 Å². The molecule has 2 aliphatic rings. The number of alkyl halides is 3. The Morgan fingerprint density at radius 2 is 2.16 bits per heavy atom. The summed E-state index contributed by atoms with van der Waals surface area (Å²) in [5.41, 5.74) is -0.649. The number of carbonyl (C=O) groups is 2. The van der Waals surface area contributed by atoms with Crippen molar-refractivity contribution in [1.29, 1.82) is 0 Å². The van der Waals surface area contributed by atoms with Gasteiger partial charge in [0.25, 0.3) is 0 Å². The summed E-state index contributed by atoms with van der Waals surface area (Å²) in [6.45, 7) is 3.49. The number of halogens is 3. The van der Waals surface area contributed by atoms with E-state index in [9.17, 15) is 22.8 Å². The van der Waals surface area contributed by atoms with Crippen LogP contribution < -0.4 is 5.32 Å². The van der Waals surface area contributed by atoms with Gasteiger partial charge in [0.2, 0.25) is 11.8 Å². The highest BCUT2D eigenvalue weighted by Crippen LogP contribution is 2.40. The number of nitrogens with one attached hydrogen (secondary N) is 1. The number of benzene rings is 1. The van der Waals surface area contributed by atoms with E-state index in [0.717, 1.165) is 36.7 Å². The van der Waals surface area contributed by atoms with Crippen molar-refractivity contribution in [2.75, 3.05) is 18.4 Å². The van der Waals surface area contributed by atoms with Crippen LogP contribution in [0, 0.1) is 5.92 Å². The Balaban J connectivity index is 1.69. The Kier molecular flexibility index (Phi) is 4.99. The predicted octanol–water partition coefficient (Wildman–Crippen LogP) is 3.77. The second-order valence-corrected chi connectivity index (χ2v) is 7.84. The molecule has 25 heavy (non-hydrogen) atoms. The molecule has 1 N–H and O–H groups in total. The summed E-state index contributed by atoms with van der Waals surface area (Å²) in [4.78, 5) is 27.0. The van der Waals surface area contributed by atoms with E-state index in [0.29, 0.717) is 23.9 Å². The van der Waals surface area contributed by atoms with Crippen LogP contribution in [0.25, 0.3) is 0 Å². The highest BCUT2D eigenvalue weighted by Gasteiger charge is 2.35. The van der Waals surface area contributed by atoms with Crippen molar-refractivity contribution in [3.8, 4) is 0 Å². The maximum absolute atomic E-state index is 12.8. The quantitative estimate of drug-likeness (QED) is 0.860. The number of piperidine rings is 1. The van der Waals surface area contributed by atoms with Crippen molar-refractivity contribution in [3.63, 3.8) is 0 Å². The molecule has 1 fully saturated rings. The number of fused-ring (bicyclic) bond motifs is 1. The lowest BCUT2D eigenvalue weighted by Crippen LogP contribution is -2.42. The highest BCUT2D eigenvalue weighted by molar-refractivity contribution is 8.01. The third kappa shape index (κ3) is 4.11. The lowest BCUT2D eigenvalue weighted by atomic mass is 10.00. The van der Waals surface area contributed by atoms with Gasteiger partial charge in [-0.2, -0.15) is 13.2 Å². The lowest BCUT2D eigenvalue weighted by molar-refractivity contribution is -0.137. The molecule has 0 aromatic heterocycles. The average Bonchev–Trinajstić information content (AvgIpc) is 2.54. The van der Waals surface area contributed by atoms with Gasteiger partial charge in [0.15, 0.2) is 0 Å². The van der Waals surface area contributed by atoms with Crippen LogP contribution in [0.1, 0.15) is 31.7 Å². The number of thioether (sulfide) groups is 1. The molecule has 1 aromatic rings. The summed E-state index contributed by atoms with van der Waals surface area (Å²) in [5, 5.41) is 1.89. The number of nitrogens with zero attached hydrogens (tertiary/aromatic N) is 1. The first-order chi connectivity index (χ1) is 11.7. The Morgan fingerprint density at radius 1 is 1.40 bits per heavy atom. The number of anilines is 1. The predicted molar refractivity (Wildman–Crippen MR) is 89.3 cm³/mol. The second kappa shape index (κ2) is 6.90. The SMILES string of the molecule is CC1CCCN(C(=O)CC2Sc3ccc(C(F)(F)F)cc3NC2=O)C1. The van der Waals surface area contributed by atoms with Crippen LogP contribution in [-0.2, 0) is 15.8 Å². The minimum Gasteiger partial charge on any atom is -0.342 e. The molecule has 2 unspecified atom stereocenters. The number of rotatable bonds is 2. The van der Waals surface area contributed by atoms with Gasteiger partial charge in [-0.3, -0.25) is 9.59 Å². The Hall–Kier alpha value is -1.70. The minimum absolute atomic E-state index is 0.0592. The summed E-state index contributed by atoms with van der Waals surface area (Å²) in [7, 11) is 0. The molecule has 0 bridgehead atoms. The largest absolute Gasteiger partial charge is 0.416 e. The number of carbonyl (C=O) groups excluding carboxylic acids is 2. The standard InChI is InChI=1S/C17H19F3N2O2S/c1-10-3-2-6-22(9-10)15(23)8-14-16(24)21-12-7-11(17(18,19)20)4-5-13(12)25-14/h4-5,7,10,14H,2-3,6,8-9H2,1H3,(H,21,24). The zero-order valence-corrected chi connectivity index (χ0v) is 14.5. The summed E-state index contributed by atoms with van der Waals surface area (Å²) in [5.74, 6) is -0.0446. The van der Waals surface area contributed by atoms with Gasteiger partial charge in [-0.25, -0.2) is 0 Å². The summed E-state index contributed by atoms with van der Waals surface area (Å²) >= 11 is 1.15. The molecule has 0 aliphatic carbocycles. The van der Waals surface area contributed by atoms with Crippen LogP contribution >= 0.6 is 11.8 Å². The van der Waals surface area contributed by atoms with Crippen molar-refractivity contribution in [1.82, 2.24) is 4.90 Å². The molecular formula is C17H19F3N2O2S. The highest BCUT2D eigenvalue weighted by atomic mass is 32.2. The third-order valence-corrected chi connectivity index (χ3v) is 5.77. The van der Waals surface area contributed by atoms with Gasteiger partial charge < -0.3 is 10.2 Å². The Labute approximate surface area is 148 Å². The molecule has 0 saturated carbocycles. The molecule has 2 amide bonds. The molecule has 0 spiro atoms. The van der Waals surface area contributed by atoms with E-state index < -0.39 is 22.9 Å². The normalized spacial score (nSPS) is 23.8. The van der Waals surface area contributed by atoms with Crippen molar-refractivity contribution in [2.45, 2.75) is 42.5 Å². The smallest absolute Gasteiger partial charge is 0.342 e. The molecule has 2 atom stereocenters. The van der Waals surface area contributed by atoms with E-state index in [1.807, 2.05) is 0 Å². The molecule has 0 radical (unpaired) electrons. The Bertz CT molecular complexity index is 693. The van der Waals surface area contributed by atoms with E-state index in [1.54, 1.807) is 4.90 Å². The van der Waals surface area contributed by atoms with Gasteiger partial charge in [-0.15, -0.1) is 11.8 Å². The van der Waals surface area contributed by atoms with Crippen LogP contribution in [0.2, 0.25) is 0 Å². The lowest BCUT2D eigenvalue weighted by Gasteiger charge is -2.32. The number of hydrogen-bond donors (Lipinski definition) is 1. The van der Waals surface area contributed by atoms with Gasteiger partial charge in [-0.05, 0) is 37.0 Å². The molecule has 3 rings (SSSR count). The second-order valence-electron chi connectivity index (χ2n) is 6.60. The minimum atomic E-state index is -4.46. The van der Waals surface area contributed by atoms with Gasteiger partial charge in [-0.1, -0.05) is 6.92 Å². The topological polar surface area (TPSA) is 49.4 Å². The molecule has 1 saturated heterocycles. The molecule has 4 nitrogen and oxygen atoms in total. The van der Waals surface area contributed by atoms with Crippen molar-refractivity contribution < 1.29 is 22.8 Å². The monoisotopic (exact) mass is 372 g/mol. The fraction of sp³-hybridized carbons (Fsp3) is 0.529. The van der Waals surface area contributed by atoms with E-state index in [4.69, 9.17) is 0 Å². The van der Waals surface area contributed by atoms with Gasteiger partial charge >= 0.3 is 6.18 Å². The first-order valence-corrected chi connectivity index (χ1v) is 9.08. The van der Waals surface area contributed by atoms with Gasteiger partial charge in [0.05, 0.1) is 16.5 Å². The third-order valence-electron chi connectivity index (χ3n) is 4.50. The van der Waals surface area contributed by atoms with Crippen molar-refractivity contribution in [2.24, 2.45) is 5.92 Å². The van der Waals surface area contributed by atoms with E-state index in [1.165, 1.54) is 6.07 Å². The van der Waals surface area contributed by atoms with Crippen LogP contribution in [0.15, 0.2) is 23.1 Å². The van der Waals surface area contributed by atoms with E-state index in [2.05, 4.69) is 12.2 Å². The molecule has 2 aliphatic heterocycles. The molecular weight excluding hydrogens is 353 g/mol. The first-order valence-electron chi connectivity index (χ1n) is 8.20. The molecule has 136 valence electrons. The average molecular weight is 372 g/mol. The van der Waals surface area contributed by atoms with E-state index >= 15 is 0 Å². The van der Waals surface area contributed by atoms with Gasteiger partial charge in [0, 0.05) is 24.4 Å². The zero-order chi connectivity index (χ0) is 18.2. The maximum atomic E-state index is 12.8. The summed E-state index contributed by atoms with van der Waals surface area (Å²) in [6, 6.07) is 3.28. The zero-order valence-electron chi connectivity index (χ0n) is 13.7. The van der Waals surface area contributed by atoms with Crippen LogP contribution in [0.4, 0.5) is 18.9 Å². The number of hydrogen-bond acceptors (Lipinski definition) is 3.